The molecule has 0 rings (SSSR count). The molecule has 0 aliphatic heterocycles. The van der Waals surface area contributed by atoms with Crippen LogP contribution in [0.5, 0.6) is 0 Å². The second-order valence-electron chi connectivity index (χ2n) is 1.20. The summed E-state index contributed by atoms with van der Waals surface area (Å²) >= 11 is 5.28. The Kier molecular flexibility index (Phi) is 3.24. The largest absolute Gasteiger partial charge is 0.122 e. The molecule has 0 bridgehead atoms. The van der Waals surface area contributed by atoms with Gasteiger partial charge in [0, 0.05) is 5.88 Å². The van der Waals surface area contributed by atoms with Crippen molar-refractivity contribution in [2.24, 2.45) is 0 Å². The molecule has 6 heavy (non-hydrogen) atoms. The maximum Gasteiger partial charge on any atom is 0.0406 e. The lowest BCUT2D eigenvalue weighted by atomic mass is 10.3. The van der Waals surface area contributed by atoms with Gasteiger partial charge in [-0.1, -0.05) is 11.6 Å². The summed E-state index contributed by atoms with van der Waals surface area (Å²) in [6.45, 7) is 5.52. The zero-order valence-electron chi connectivity index (χ0n) is 3.87. The molecule has 0 amide bonds. The van der Waals surface area contributed by atoms with Crippen molar-refractivity contribution in [3.8, 4) is 0 Å². The van der Waals surface area contributed by atoms with Crippen molar-refractivity contribution in [1.29, 1.82) is 0 Å². The first kappa shape index (κ1) is 6.03. The molecule has 1 radical (unpaired) electrons. The third-order valence-corrected chi connectivity index (χ3v) is 0.580. The molecular weight excluding hydrogens is 95.5 g/mol. The van der Waals surface area contributed by atoms with Crippen molar-refractivity contribution < 1.29 is 0 Å². The minimum atomic E-state index is 0.579. The van der Waals surface area contributed by atoms with E-state index in [2.05, 4.69) is 6.92 Å². The summed E-state index contributed by atoms with van der Waals surface area (Å²) in [5.41, 5.74) is 1.03. The van der Waals surface area contributed by atoms with E-state index in [4.69, 9.17) is 11.6 Å². The Morgan fingerprint density at radius 3 is 2.50 bits per heavy atom. The van der Waals surface area contributed by atoms with Gasteiger partial charge in [-0.25, -0.2) is 0 Å². The molecule has 0 fully saturated rings. The summed E-state index contributed by atoms with van der Waals surface area (Å²) in [4.78, 5) is 0. The van der Waals surface area contributed by atoms with Gasteiger partial charge in [-0.3, -0.25) is 0 Å². The zero-order valence-corrected chi connectivity index (χ0v) is 4.63. The number of hydrogen-bond acceptors (Lipinski definition) is 0. The fraction of sp³-hybridized carbons (Fsp3) is 0.400. The highest BCUT2D eigenvalue weighted by Gasteiger charge is 1.69. The Bertz CT molecular complexity index is 51.0. The molecule has 0 aliphatic carbocycles. The second kappa shape index (κ2) is 3.23. The van der Waals surface area contributed by atoms with Crippen LogP contribution in [0.4, 0.5) is 0 Å². The van der Waals surface area contributed by atoms with Crippen molar-refractivity contribution in [3.63, 3.8) is 0 Å². The molecule has 0 N–H and O–H groups in total. The van der Waals surface area contributed by atoms with Gasteiger partial charge in [-0.2, -0.15) is 0 Å². The smallest absolute Gasteiger partial charge is 0.0406 e. The van der Waals surface area contributed by atoms with Crippen molar-refractivity contribution in [2.75, 3.05) is 5.88 Å². The average molecular weight is 104 g/mol. The highest BCUT2D eigenvalue weighted by molar-refractivity contribution is 6.18. The van der Waals surface area contributed by atoms with Crippen molar-refractivity contribution in [3.05, 3.63) is 18.6 Å². The third-order valence-electron chi connectivity index (χ3n) is 0.426. The molecule has 0 heterocycles. The van der Waals surface area contributed by atoms with E-state index in [0.29, 0.717) is 5.88 Å². The third kappa shape index (κ3) is 4.03. The van der Waals surface area contributed by atoms with E-state index in [1.807, 2.05) is 13.0 Å². The van der Waals surface area contributed by atoms with Crippen LogP contribution in [-0.4, -0.2) is 5.88 Å². The summed E-state index contributed by atoms with van der Waals surface area (Å²) in [7, 11) is 0. The van der Waals surface area contributed by atoms with Crippen molar-refractivity contribution in [2.45, 2.75) is 6.92 Å². The lowest BCUT2D eigenvalue weighted by Gasteiger charge is -1.78. The Labute approximate surface area is 43.8 Å². The van der Waals surface area contributed by atoms with Crippen LogP contribution in [0.3, 0.4) is 0 Å². The number of rotatable bonds is 1. The van der Waals surface area contributed by atoms with Crippen molar-refractivity contribution in [1.82, 2.24) is 0 Å². The molecule has 0 aliphatic rings. The van der Waals surface area contributed by atoms with Gasteiger partial charge in [0.05, 0.1) is 0 Å². The van der Waals surface area contributed by atoms with Gasteiger partial charge in [0.25, 0.3) is 0 Å². The van der Waals surface area contributed by atoms with Crippen LogP contribution in [-0.2, 0) is 0 Å². The summed E-state index contributed by atoms with van der Waals surface area (Å²) in [5.74, 6) is 0.579. The molecule has 0 spiro atoms. The van der Waals surface area contributed by atoms with E-state index in [-0.39, 0.29) is 0 Å². The number of allylic oxidation sites excluding steroid dienone is 2. The quantitative estimate of drug-likeness (QED) is 0.446. The Balaban J connectivity index is 3.14. The predicted octanol–water partition coefficient (Wildman–Crippen LogP) is 2.01. The summed E-state index contributed by atoms with van der Waals surface area (Å²) in [6, 6.07) is 0. The number of hydrogen-bond donors (Lipinski definition) is 0. The highest BCUT2D eigenvalue weighted by Crippen LogP contribution is 1.87. The molecule has 0 atom stereocenters. The average Bonchev–Trinajstić information content (AvgIpc) is 1.35. The normalized spacial score (nSPS) is 12.2. The van der Waals surface area contributed by atoms with Gasteiger partial charge in [0.15, 0.2) is 0 Å². The first-order valence-corrected chi connectivity index (χ1v) is 2.35. The molecule has 0 aromatic heterocycles. The predicted molar refractivity (Wildman–Crippen MR) is 29.8 cm³/mol. The molecule has 0 aromatic carbocycles. The molecular formula is C5H8Cl. The summed E-state index contributed by atoms with van der Waals surface area (Å²) in [5, 5.41) is 0. The van der Waals surface area contributed by atoms with E-state index in [1.54, 1.807) is 0 Å². The van der Waals surface area contributed by atoms with E-state index >= 15 is 0 Å². The lowest BCUT2D eigenvalue weighted by Crippen LogP contribution is -1.63. The molecule has 0 unspecified atom stereocenters. The van der Waals surface area contributed by atoms with E-state index in [1.165, 1.54) is 0 Å². The van der Waals surface area contributed by atoms with E-state index < -0.39 is 0 Å². The van der Waals surface area contributed by atoms with Gasteiger partial charge >= 0.3 is 0 Å². The SMILES string of the molecule is [CH2]C(C)=CCCl. The van der Waals surface area contributed by atoms with Gasteiger partial charge in [-0.15, -0.1) is 11.6 Å². The summed E-state index contributed by atoms with van der Waals surface area (Å²) in [6.07, 6.45) is 1.86. The number of alkyl halides is 1. The van der Waals surface area contributed by atoms with Crippen LogP contribution in [0.15, 0.2) is 11.6 Å². The van der Waals surface area contributed by atoms with E-state index in [0.717, 1.165) is 5.57 Å². The fourth-order valence-corrected chi connectivity index (χ4v) is 0.395. The Morgan fingerprint density at radius 2 is 2.50 bits per heavy atom. The first-order chi connectivity index (χ1) is 2.77. The monoisotopic (exact) mass is 103 g/mol. The van der Waals surface area contributed by atoms with Crippen molar-refractivity contribution >= 4 is 11.6 Å². The highest BCUT2D eigenvalue weighted by atomic mass is 35.5. The van der Waals surface area contributed by atoms with Gasteiger partial charge in [-0.05, 0) is 13.8 Å². The summed E-state index contributed by atoms with van der Waals surface area (Å²) < 4.78 is 0. The van der Waals surface area contributed by atoms with Crippen LogP contribution in [0.25, 0.3) is 0 Å². The maximum absolute atomic E-state index is 5.28. The van der Waals surface area contributed by atoms with Crippen LogP contribution >= 0.6 is 11.6 Å². The lowest BCUT2D eigenvalue weighted by molar-refractivity contribution is 1.49. The Morgan fingerprint density at radius 1 is 2.00 bits per heavy atom. The van der Waals surface area contributed by atoms with Gasteiger partial charge in [0.2, 0.25) is 0 Å². The second-order valence-corrected chi connectivity index (χ2v) is 1.51. The molecule has 0 saturated carbocycles. The topological polar surface area (TPSA) is 0 Å². The van der Waals surface area contributed by atoms with E-state index in [9.17, 15) is 0 Å². The number of halogens is 1. The molecule has 35 valence electrons. The molecule has 0 aromatic rings. The van der Waals surface area contributed by atoms with Gasteiger partial charge in [0.1, 0.15) is 0 Å². The molecule has 1 heteroatoms. The molecule has 0 nitrogen and oxygen atoms in total. The maximum atomic E-state index is 5.28. The minimum Gasteiger partial charge on any atom is -0.122 e. The zero-order chi connectivity index (χ0) is 4.99. The van der Waals surface area contributed by atoms with Crippen LogP contribution in [0.2, 0.25) is 0 Å². The van der Waals surface area contributed by atoms with Crippen LogP contribution < -0.4 is 0 Å². The van der Waals surface area contributed by atoms with Crippen LogP contribution in [0.1, 0.15) is 6.92 Å². The van der Waals surface area contributed by atoms with Gasteiger partial charge < -0.3 is 0 Å². The van der Waals surface area contributed by atoms with Crippen LogP contribution in [0, 0.1) is 6.92 Å². The first-order valence-electron chi connectivity index (χ1n) is 1.82. The Hall–Kier alpha value is 0.0300. The fourth-order valence-electron chi connectivity index (χ4n) is 0.132. The molecule has 0 saturated heterocycles. The minimum absolute atomic E-state index is 0.579. The standard InChI is InChI=1S/C5H8Cl/c1-5(2)3-4-6/h3H,1,4H2,2H3.